The Kier molecular flexibility index (Phi) is 4.32. The predicted octanol–water partition coefficient (Wildman–Crippen LogP) is 3.95. The van der Waals surface area contributed by atoms with E-state index < -0.39 is 0 Å². The van der Waals surface area contributed by atoms with E-state index in [1.807, 2.05) is 0 Å². The number of alkyl halides is 1. The molecular formula is C12H8Cl2FNOS. The highest BCUT2D eigenvalue weighted by molar-refractivity contribution is 7.09. The van der Waals surface area contributed by atoms with E-state index in [-0.39, 0.29) is 17.5 Å². The summed E-state index contributed by atoms with van der Waals surface area (Å²) in [4.78, 5) is 15.5. The molecule has 1 aromatic heterocycles. The van der Waals surface area contributed by atoms with E-state index in [1.165, 1.54) is 23.5 Å². The molecule has 0 radical (unpaired) electrons. The number of benzene rings is 1. The van der Waals surface area contributed by atoms with Crippen molar-refractivity contribution in [3.63, 3.8) is 0 Å². The Morgan fingerprint density at radius 2 is 2.22 bits per heavy atom. The van der Waals surface area contributed by atoms with Gasteiger partial charge in [-0.2, -0.15) is 0 Å². The second kappa shape index (κ2) is 5.78. The van der Waals surface area contributed by atoms with E-state index in [4.69, 9.17) is 23.2 Å². The van der Waals surface area contributed by atoms with Gasteiger partial charge in [-0.05, 0) is 17.7 Å². The third-order valence-electron chi connectivity index (χ3n) is 2.32. The molecule has 0 fully saturated rings. The molecule has 0 spiro atoms. The molecule has 0 saturated carbocycles. The van der Waals surface area contributed by atoms with Crippen molar-refractivity contribution in [3.05, 3.63) is 50.7 Å². The monoisotopic (exact) mass is 303 g/mol. The van der Waals surface area contributed by atoms with E-state index in [1.54, 1.807) is 11.4 Å². The third-order valence-corrected chi connectivity index (χ3v) is 3.76. The van der Waals surface area contributed by atoms with Crippen LogP contribution in [0.4, 0.5) is 4.39 Å². The summed E-state index contributed by atoms with van der Waals surface area (Å²) < 4.78 is 12.9. The number of carbonyl (C=O) groups excluding carboxylic acids is 1. The number of halogens is 3. The molecule has 2 rings (SSSR count). The van der Waals surface area contributed by atoms with Crippen LogP contribution in [0.5, 0.6) is 0 Å². The summed E-state index contributed by atoms with van der Waals surface area (Å²) in [5, 5.41) is 2.77. The number of hydrogen-bond acceptors (Lipinski definition) is 3. The van der Waals surface area contributed by atoms with Gasteiger partial charge in [0.2, 0.25) is 0 Å². The van der Waals surface area contributed by atoms with Gasteiger partial charge in [-0.25, -0.2) is 9.37 Å². The van der Waals surface area contributed by atoms with Gasteiger partial charge in [0.1, 0.15) is 11.5 Å². The molecule has 0 unspecified atom stereocenters. The summed E-state index contributed by atoms with van der Waals surface area (Å²) in [5.74, 6) is -0.661. The van der Waals surface area contributed by atoms with Crippen LogP contribution in [0.2, 0.25) is 5.02 Å². The number of thiazole rings is 1. The van der Waals surface area contributed by atoms with Crippen molar-refractivity contribution < 1.29 is 9.18 Å². The predicted molar refractivity (Wildman–Crippen MR) is 71.4 cm³/mol. The van der Waals surface area contributed by atoms with Crippen LogP contribution in [-0.2, 0) is 6.42 Å². The quantitative estimate of drug-likeness (QED) is 0.632. The van der Waals surface area contributed by atoms with E-state index in [9.17, 15) is 9.18 Å². The lowest BCUT2D eigenvalue weighted by molar-refractivity contribution is 0.101. The minimum Gasteiger partial charge on any atom is -0.291 e. The molecule has 2 aromatic rings. The zero-order valence-corrected chi connectivity index (χ0v) is 11.4. The first-order chi connectivity index (χ1) is 8.60. The summed E-state index contributed by atoms with van der Waals surface area (Å²) in [6.45, 7) is 0. The average Bonchev–Trinajstić information content (AvgIpc) is 2.80. The number of rotatable bonds is 4. The van der Waals surface area contributed by atoms with Crippen LogP contribution in [0, 0.1) is 5.82 Å². The molecule has 0 aliphatic rings. The highest BCUT2D eigenvalue weighted by Crippen LogP contribution is 2.22. The number of hydrogen-bond donors (Lipinski definition) is 0. The molecule has 94 valence electrons. The van der Waals surface area contributed by atoms with Gasteiger partial charge in [0.05, 0.1) is 10.9 Å². The van der Waals surface area contributed by atoms with Crippen molar-refractivity contribution in [1.82, 2.24) is 4.98 Å². The molecule has 0 aliphatic heterocycles. The molecule has 0 atom stereocenters. The standard InChI is InChI=1S/C12H8Cl2FNOS/c13-5-11(17)10-6-18-12(16-10)3-7-1-2-8(15)4-9(7)14/h1-2,4,6H,3,5H2. The minimum absolute atomic E-state index is 0.0829. The Bertz CT molecular complexity index is 585. The number of nitrogens with zero attached hydrogens (tertiary/aromatic N) is 1. The molecule has 6 heteroatoms. The van der Waals surface area contributed by atoms with Crippen molar-refractivity contribution in [1.29, 1.82) is 0 Å². The smallest absolute Gasteiger partial charge is 0.196 e. The van der Waals surface area contributed by atoms with Crippen LogP contribution in [0.25, 0.3) is 0 Å². The highest BCUT2D eigenvalue weighted by atomic mass is 35.5. The van der Waals surface area contributed by atoms with E-state index in [0.29, 0.717) is 17.1 Å². The van der Waals surface area contributed by atoms with Crippen LogP contribution in [0.3, 0.4) is 0 Å². The van der Waals surface area contributed by atoms with Crippen molar-refractivity contribution in [2.45, 2.75) is 6.42 Å². The molecule has 0 bridgehead atoms. The van der Waals surface area contributed by atoms with Crippen LogP contribution in [-0.4, -0.2) is 16.6 Å². The molecule has 1 heterocycles. The van der Waals surface area contributed by atoms with Gasteiger partial charge >= 0.3 is 0 Å². The molecule has 0 aliphatic carbocycles. The van der Waals surface area contributed by atoms with Gasteiger partial charge in [0, 0.05) is 16.8 Å². The lowest BCUT2D eigenvalue weighted by Crippen LogP contribution is -2.01. The lowest BCUT2D eigenvalue weighted by Gasteiger charge is -2.01. The molecule has 0 N–H and O–H groups in total. The summed E-state index contributed by atoms with van der Waals surface area (Å²) in [5.41, 5.74) is 1.14. The van der Waals surface area contributed by atoms with Gasteiger partial charge in [-0.1, -0.05) is 17.7 Å². The largest absolute Gasteiger partial charge is 0.291 e. The van der Waals surface area contributed by atoms with Gasteiger partial charge in [-0.3, -0.25) is 4.79 Å². The zero-order chi connectivity index (χ0) is 13.1. The number of ketones is 1. The van der Waals surface area contributed by atoms with Gasteiger partial charge in [-0.15, -0.1) is 22.9 Å². The van der Waals surface area contributed by atoms with Crippen molar-refractivity contribution in [2.24, 2.45) is 0 Å². The van der Waals surface area contributed by atoms with Crippen molar-refractivity contribution in [3.8, 4) is 0 Å². The van der Waals surface area contributed by atoms with Gasteiger partial charge in [0.15, 0.2) is 5.78 Å². The first-order valence-electron chi connectivity index (χ1n) is 5.07. The molecule has 1 aromatic carbocycles. The van der Waals surface area contributed by atoms with Crippen LogP contribution >= 0.6 is 34.5 Å². The SMILES string of the molecule is O=C(CCl)c1csc(Cc2ccc(F)cc2Cl)n1. The Morgan fingerprint density at radius 1 is 1.44 bits per heavy atom. The molecule has 2 nitrogen and oxygen atoms in total. The molecule has 0 saturated heterocycles. The van der Waals surface area contributed by atoms with Crippen molar-refractivity contribution >= 4 is 40.3 Å². The van der Waals surface area contributed by atoms with Crippen LogP contribution in [0.15, 0.2) is 23.6 Å². The topological polar surface area (TPSA) is 30.0 Å². The summed E-state index contributed by atoms with van der Waals surface area (Å²) >= 11 is 12.7. The lowest BCUT2D eigenvalue weighted by atomic mass is 10.1. The van der Waals surface area contributed by atoms with Gasteiger partial charge < -0.3 is 0 Å². The fraction of sp³-hybridized carbons (Fsp3) is 0.167. The summed E-state index contributed by atoms with van der Waals surface area (Å²) in [7, 11) is 0. The molecule has 18 heavy (non-hydrogen) atoms. The fourth-order valence-electron chi connectivity index (χ4n) is 1.42. The first kappa shape index (κ1) is 13.5. The Hall–Kier alpha value is -0.970. The Labute approximate surface area is 117 Å². The summed E-state index contributed by atoms with van der Waals surface area (Å²) in [6, 6.07) is 4.22. The Balaban J connectivity index is 2.18. The molecular weight excluding hydrogens is 296 g/mol. The molecule has 0 amide bonds. The van der Waals surface area contributed by atoms with E-state index in [0.717, 1.165) is 10.6 Å². The van der Waals surface area contributed by atoms with Crippen LogP contribution in [0.1, 0.15) is 21.1 Å². The normalized spacial score (nSPS) is 10.6. The van der Waals surface area contributed by atoms with Crippen molar-refractivity contribution in [2.75, 3.05) is 5.88 Å². The maximum Gasteiger partial charge on any atom is 0.196 e. The third kappa shape index (κ3) is 3.07. The summed E-state index contributed by atoms with van der Waals surface area (Å²) in [6.07, 6.45) is 0.472. The second-order valence-corrected chi connectivity index (χ2v) is 5.21. The van der Waals surface area contributed by atoms with Gasteiger partial charge in [0.25, 0.3) is 0 Å². The van der Waals surface area contributed by atoms with E-state index >= 15 is 0 Å². The highest BCUT2D eigenvalue weighted by Gasteiger charge is 2.11. The zero-order valence-electron chi connectivity index (χ0n) is 9.12. The number of aromatic nitrogens is 1. The maximum absolute atomic E-state index is 12.9. The second-order valence-electron chi connectivity index (χ2n) is 3.60. The number of Topliss-reactive ketones (excluding diaryl/α,β-unsaturated/α-hetero) is 1. The van der Waals surface area contributed by atoms with E-state index in [2.05, 4.69) is 4.98 Å². The first-order valence-corrected chi connectivity index (χ1v) is 6.87. The maximum atomic E-state index is 12.9. The van der Waals surface area contributed by atoms with Crippen LogP contribution < -0.4 is 0 Å². The average molecular weight is 304 g/mol. The minimum atomic E-state index is -0.374. The number of carbonyl (C=O) groups is 1. The fourth-order valence-corrected chi connectivity index (χ4v) is 2.61. The Morgan fingerprint density at radius 3 is 2.89 bits per heavy atom.